The summed E-state index contributed by atoms with van der Waals surface area (Å²) >= 11 is 0. The molecule has 0 aliphatic carbocycles. The molecule has 1 unspecified atom stereocenters. The molecule has 1 aliphatic heterocycles. The summed E-state index contributed by atoms with van der Waals surface area (Å²) in [6, 6.07) is 7.52. The molecule has 1 saturated heterocycles. The third-order valence-corrected chi connectivity index (χ3v) is 3.55. The van der Waals surface area contributed by atoms with Crippen molar-refractivity contribution >= 4 is 6.03 Å². The van der Waals surface area contributed by atoms with Gasteiger partial charge in [0, 0.05) is 18.7 Å². The number of urea groups is 1. The third kappa shape index (κ3) is 3.42. The summed E-state index contributed by atoms with van der Waals surface area (Å²) in [5.41, 5.74) is 0.961. The second-order valence-electron chi connectivity index (χ2n) is 4.87. The Morgan fingerprint density at radius 1 is 1.50 bits per heavy atom. The van der Waals surface area contributed by atoms with Gasteiger partial charge in [0.1, 0.15) is 5.75 Å². The number of nitrogens with zero attached hydrogens (tertiary/aromatic N) is 1. The second-order valence-corrected chi connectivity index (χ2v) is 4.87. The first-order chi connectivity index (χ1) is 9.76. The van der Waals surface area contributed by atoms with Crippen LogP contribution < -0.4 is 10.1 Å². The number of aliphatic hydroxyl groups is 1. The van der Waals surface area contributed by atoms with Crippen LogP contribution in [-0.2, 0) is 6.54 Å². The highest BCUT2D eigenvalue weighted by atomic mass is 16.5. The van der Waals surface area contributed by atoms with Gasteiger partial charge >= 0.3 is 6.03 Å². The van der Waals surface area contributed by atoms with Crippen molar-refractivity contribution < 1.29 is 14.6 Å². The summed E-state index contributed by atoms with van der Waals surface area (Å²) in [6.07, 6.45) is 1.83. The highest BCUT2D eigenvalue weighted by Crippen LogP contribution is 2.19. The highest BCUT2D eigenvalue weighted by Gasteiger charge is 2.27. The number of para-hydroxylation sites is 1. The fourth-order valence-corrected chi connectivity index (χ4v) is 2.51. The molecule has 5 nitrogen and oxygen atoms in total. The Labute approximate surface area is 119 Å². The van der Waals surface area contributed by atoms with Crippen molar-refractivity contribution in [2.75, 3.05) is 19.8 Å². The molecule has 1 heterocycles. The van der Waals surface area contributed by atoms with Crippen molar-refractivity contribution in [1.29, 1.82) is 0 Å². The van der Waals surface area contributed by atoms with Crippen molar-refractivity contribution in [2.45, 2.75) is 32.4 Å². The van der Waals surface area contributed by atoms with E-state index < -0.39 is 0 Å². The first-order valence-corrected chi connectivity index (χ1v) is 7.12. The number of amides is 2. The molecular formula is C15H22N2O3. The van der Waals surface area contributed by atoms with Crippen LogP contribution in [0.15, 0.2) is 24.3 Å². The van der Waals surface area contributed by atoms with Gasteiger partial charge in [-0.1, -0.05) is 18.2 Å². The number of hydrogen-bond acceptors (Lipinski definition) is 3. The minimum absolute atomic E-state index is 0.0307. The molecule has 2 N–H and O–H groups in total. The van der Waals surface area contributed by atoms with E-state index in [1.807, 2.05) is 31.2 Å². The monoisotopic (exact) mass is 278 g/mol. The Balaban J connectivity index is 1.93. The van der Waals surface area contributed by atoms with Gasteiger partial charge in [-0.2, -0.15) is 0 Å². The average Bonchev–Trinajstić information content (AvgIpc) is 2.95. The van der Waals surface area contributed by atoms with E-state index >= 15 is 0 Å². The van der Waals surface area contributed by atoms with Crippen LogP contribution in [0.4, 0.5) is 4.79 Å². The Kier molecular flexibility index (Phi) is 5.24. The first kappa shape index (κ1) is 14.7. The topological polar surface area (TPSA) is 61.8 Å². The van der Waals surface area contributed by atoms with Gasteiger partial charge in [0.25, 0.3) is 0 Å². The van der Waals surface area contributed by atoms with Crippen LogP contribution >= 0.6 is 0 Å². The summed E-state index contributed by atoms with van der Waals surface area (Å²) in [5, 5.41) is 12.1. The zero-order chi connectivity index (χ0) is 14.4. The molecule has 20 heavy (non-hydrogen) atoms. The van der Waals surface area contributed by atoms with Crippen molar-refractivity contribution in [3.05, 3.63) is 29.8 Å². The first-order valence-electron chi connectivity index (χ1n) is 7.12. The average molecular weight is 278 g/mol. The smallest absolute Gasteiger partial charge is 0.317 e. The molecule has 0 aromatic heterocycles. The van der Waals surface area contributed by atoms with E-state index in [0.29, 0.717) is 19.7 Å². The van der Waals surface area contributed by atoms with E-state index in [1.165, 1.54) is 0 Å². The minimum Gasteiger partial charge on any atom is -0.494 e. The van der Waals surface area contributed by atoms with Gasteiger partial charge < -0.3 is 20.1 Å². The summed E-state index contributed by atoms with van der Waals surface area (Å²) in [4.78, 5) is 13.8. The van der Waals surface area contributed by atoms with Crippen LogP contribution in [0.2, 0.25) is 0 Å². The van der Waals surface area contributed by atoms with Gasteiger partial charge in [-0.15, -0.1) is 0 Å². The Hall–Kier alpha value is -1.75. The number of likely N-dealkylation sites (tertiary alicyclic amines) is 1. The van der Waals surface area contributed by atoms with Crippen molar-refractivity contribution in [3.63, 3.8) is 0 Å². The van der Waals surface area contributed by atoms with Crippen molar-refractivity contribution in [1.82, 2.24) is 10.2 Å². The summed E-state index contributed by atoms with van der Waals surface area (Å²) in [7, 11) is 0. The summed E-state index contributed by atoms with van der Waals surface area (Å²) in [6.45, 7) is 3.71. The molecule has 1 aliphatic rings. The largest absolute Gasteiger partial charge is 0.494 e. The molecule has 2 rings (SSSR count). The molecule has 1 aromatic carbocycles. The highest BCUT2D eigenvalue weighted by molar-refractivity contribution is 5.75. The molecule has 1 atom stereocenters. The predicted molar refractivity (Wildman–Crippen MR) is 76.7 cm³/mol. The number of hydrogen-bond donors (Lipinski definition) is 2. The van der Waals surface area contributed by atoms with Crippen LogP contribution in [-0.4, -0.2) is 41.8 Å². The summed E-state index contributed by atoms with van der Waals surface area (Å²) in [5.74, 6) is 0.801. The fourth-order valence-electron chi connectivity index (χ4n) is 2.51. The Morgan fingerprint density at radius 3 is 3.05 bits per heavy atom. The molecular weight excluding hydrogens is 256 g/mol. The maximum Gasteiger partial charge on any atom is 0.317 e. The van der Waals surface area contributed by atoms with Gasteiger partial charge in [0.15, 0.2) is 0 Å². The van der Waals surface area contributed by atoms with E-state index in [9.17, 15) is 9.90 Å². The summed E-state index contributed by atoms with van der Waals surface area (Å²) < 4.78 is 5.53. The number of rotatable bonds is 5. The number of benzene rings is 1. The molecule has 0 spiro atoms. The molecule has 0 radical (unpaired) electrons. The molecule has 0 saturated carbocycles. The number of carbonyl (C=O) groups is 1. The van der Waals surface area contributed by atoms with E-state index in [2.05, 4.69) is 5.32 Å². The number of carbonyl (C=O) groups excluding carboxylic acids is 1. The van der Waals surface area contributed by atoms with Gasteiger partial charge in [0.05, 0.1) is 19.3 Å². The van der Waals surface area contributed by atoms with Crippen LogP contribution in [0.25, 0.3) is 0 Å². The number of aliphatic hydroxyl groups excluding tert-OH is 1. The van der Waals surface area contributed by atoms with Crippen molar-refractivity contribution in [3.8, 4) is 5.75 Å². The van der Waals surface area contributed by atoms with Gasteiger partial charge in [-0.05, 0) is 25.8 Å². The van der Waals surface area contributed by atoms with E-state index in [4.69, 9.17) is 4.74 Å². The standard InChI is InChI=1S/C15H22N2O3/c1-2-20-14-8-4-3-6-12(14)10-16-15(19)17-9-5-7-13(17)11-18/h3-4,6,8,13,18H,2,5,7,9-11H2,1H3,(H,16,19). The van der Waals surface area contributed by atoms with Crippen molar-refractivity contribution in [2.24, 2.45) is 0 Å². The minimum atomic E-state index is -0.118. The second kappa shape index (κ2) is 7.14. The fraction of sp³-hybridized carbons (Fsp3) is 0.533. The van der Waals surface area contributed by atoms with Gasteiger partial charge in [0.2, 0.25) is 0 Å². The molecule has 5 heteroatoms. The lowest BCUT2D eigenvalue weighted by Crippen LogP contribution is -2.43. The lowest BCUT2D eigenvalue weighted by atomic mass is 10.2. The van der Waals surface area contributed by atoms with Gasteiger partial charge in [-0.3, -0.25) is 0 Å². The lowest BCUT2D eigenvalue weighted by molar-refractivity contribution is 0.157. The molecule has 2 amide bonds. The van der Waals surface area contributed by atoms with E-state index in [-0.39, 0.29) is 18.7 Å². The maximum atomic E-state index is 12.1. The zero-order valence-corrected chi connectivity index (χ0v) is 11.8. The normalized spacial score (nSPS) is 18.1. The number of ether oxygens (including phenoxy) is 1. The van der Waals surface area contributed by atoms with Crippen LogP contribution in [0.1, 0.15) is 25.3 Å². The van der Waals surface area contributed by atoms with Crippen LogP contribution in [0, 0.1) is 0 Å². The van der Waals surface area contributed by atoms with Gasteiger partial charge in [-0.25, -0.2) is 4.79 Å². The SMILES string of the molecule is CCOc1ccccc1CNC(=O)N1CCCC1CO. The van der Waals surface area contributed by atoms with E-state index in [1.54, 1.807) is 4.90 Å². The Morgan fingerprint density at radius 2 is 2.30 bits per heavy atom. The maximum absolute atomic E-state index is 12.1. The van der Waals surface area contributed by atoms with Crippen LogP contribution in [0.3, 0.4) is 0 Å². The molecule has 1 aromatic rings. The predicted octanol–water partition coefficient (Wildman–Crippen LogP) is 1.75. The Bertz CT molecular complexity index is 450. The van der Waals surface area contributed by atoms with Crippen LogP contribution in [0.5, 0.6) is 5.75 Å². The zero-order valence-electron chi connectivity index (χ0n) is 11.8. The molecule has 110 valence electrons. The number of nitrogens with one attached hydrogen (secondary N) is 1. The quantitative estimate of drug-likeness (QED) is 0.862. The lowest BCUT2D eigenvalue weighted by Gasteiger charge is -2.23. The molecule has 0 bridgehead atoms. The third-order valence-electron chi connectivity index (χ3n) is 3.55. The molecule has 1 fully saturated rings. The van der Waals surface area contributed by atoms with E-state index in [0.717, 1.165) is 24.2 Å².